The van der Waals surface area contributed by atoms with Crippen molar-refractivity contribution in [1.82, 2.24) is 0 Å². The van der Waals surface area contributed by atoms with Crippen LogP contribution < -0.4 is 4.90 Å². The summed E-state index contributed by atoms with van der Waals surface area (Å²) in [5.41, 5.74) is 11.4. The van der Waals surface area contributed by atoms with Gasteiger partial charge in [-0.15, -0.1) is 0 Å². The van der Waals surface area contributed by atoms with Crippen molar-refractivity contribution in [3.63, 3.8) is 0 Å². The molecule has 0 spiro atoms. The Bertz CT molecular complexity index is 1380. The van der Waals surface area contributed by atoms with Crippen LogP contribution in [0, 0.1) is 13.8 Å². The van der Waals surface area contributed by atoms with Gasteiger partial charge in [0.25, 0.3) is 0 Å². The van der Waals surface area contributed by atoms with Gasteiger partial charge >= 0.3 is 0 Å². The summed E-state index contributed by atoms with van der Waals surface area (Å²) in [6, 6.07) is 37.7. The molecule has 0 unspecified atom stereocenters. The molecule has 0 radical (unpaired) electrons. The minimum absolute atomic E-state index is 1.17. The number of nitrogens with zero attached hydrogens (tertiary/aromatic N) is 1. The topological polar surface area (TPSA) is 3.24 Å². The molecule has 0 aromatic heterocycles. The summed E-state index contributed by atoms with van der Waals surface area (Å²) < 4.78 is 0. The van der Waals surface area contributed by atoms with Crippen LogP contribution in [-0.4, -0.2) is 0 Å². The normalized spacial score (nSPS) is 11.5. The second kappa shape index (κ2) is 6.85. The van der Waals surface area contributed by atoms with E-state index in [9.17, 15) is 0 Å². The Morgan fingerprint density at radius 3 is 1.61 bits per heavy atom. The van der Waals surface area contributed by atoms with E-state index in [1.807, 2.05) is 0 Å². The predicted octanol–water partition coefficient (Wildman–Crippen LogP) is 8.57. The summed E-state index contributed by atoms with van der Waals surface area (Å²) in [5, 5.41) is 2.64. The van der Waals surface area contributed by atoms with Crippen molar-refractivity contribution in [2.24, 2.45) is 0 Å². The molecule has 31 heavy (non-hydrogen) atoms. The first-order valence-corrected chi connectivity index (χ1v) is 10.8. The number of hydrogen-bond acceptors (Lipinski definition) is 1. The quantitative estimate of drug-likeness (QED) is 0.289. The summed E-state index contributed by atoms with van der Waals surface area (Å²) in [6.07, 6.45) is 0. The average Bonchev–Trinajstić information content (AvgIpc) is 3.12. The summed E-state index contributed by atoms with van der Waals surface area (Å²) in [6.45, 7) is 4.27. The van der Waals surface area contributed by atoms with Crippen molar-refractivity contribution in [3.05, 3.63) is 114 Å². The largest absolute Gasteiger partial charge is 0.310 e. The van der Waals surface area contributed by atoms with Crippen LogP contribution in [0.3, 0.4) is 0 Å². The van der Waals surface area contributed by atoms with Gasteiger partial charge in [0.05, 0.1) is 0 Å². The van der Waals surface area contributed by atoms with Crippen LogP contribution in [-0.2, 0) is 0 Å². The highest BCUT2D eigenvalue weighted by molar-refractivity contribution is 6.16. The highest BCUT2D eigenvalue weighted by Crippen LogP contribution is 2.49. The Labute approximate surface area is 183 Å². The van der Waals surface area contributed by atoms with Crippen molar-refractivity contribution in [1.29, 1.82) is 0 Å². The third-order valence-corrected chi connectivity index (χ3v) is 6.31. The molecule has 6 rings (SSSR count). The molecule has 0 atom stereocenters. The molecule has 0 saturated heterocycles. The van der Waals surface area contributed by atoms with Crippen molar-refractivity contribution in [3.8, 4) is 22.3 Å². The first-order valence-electron chi connectivity index (χ1n) is 10.8. The van der Waals surface area contributed by atoms with Crippen LogP contribution in [0.25, 0.3) is 33.0 Å². The Kier molecular flexibility index (Phi) is 3.97. The molecule has 1 aliphatic carbocycles. The van der Waals surface area contributed by atoms with Gasteiger partial charge < -0.3 is 4.90 Å². The van der Waals surface area contributed by atoms with Crippen LogP contribution in [0.1, 0.15) is 11.1 Å². The van der Waals surface area contributed by atoms with Crippen LogP contribution in [0.2, 0.25) is 0 Å². The lowest BCUT2D eigenvalue weighted by Gasteiger charge is -2.26. The molecular weight excluding hydrogens is 374 g/mol. The minimum atomic E-state index is 1.17. The van der Waals surface area contributed by atoms with Crippen molar-refractivity contribution in [2.45, 2.75) is 13.8 Å². The van der Waals surface area contributed by atoms with E-state index in [1.165, 1.54) is 61.2 Å². The standard InChI is InChI=1S/C30H23N/c1-20-10-14-23(15-11-20)31(24-16-12-21(2)13-17-24)25-18-22-6-5-9-28-26-7-3-4-8-27(26)29(19-25)30(22)28/h3-19H,1-2H3. The monoisotopic (exact) mass is 397 g/mol. The van der Waals surface area contributed by atoms with Crippen LogP contribution in [0.5, 0.6) is 0 Å². The minimum Gasteiger partial charge on any atom is -0.310 e. The Morgan fingerprint density at radius 1 is 0.452 bits per heavy atom. The van der Waals surface area contributed by atoms with Crippen LogP contribution in [0.4, 0.5) is 17.1 Å². The fraction of sp³-hybridized carbons (Fsp3) is 0.0667. The first-order chi connectivity index (χ1) is 15.2. The van der Waals surface area contributed by atoms with Gasteiger partial charge in [-0.2, -0.15) is 0 Å². The summed E-state index contributed by atoms with van der Waals surface area (Å²) in [5.74, 6) is 0. The van der Waals surface area contributed by atoms with Gasteiger partial charge in [-0.1, -0.05) is 77.9 Å². The molecule has 148 valence electrons. The third kappa shape index (κ3) is 2.85. The van der Waals surface area contributed by atoms with Crippen molar-refractivity contribution < 1.29 is 0 Å². The maximum atomic E-state index is 2.36. The summed E-state index contributed by atoms with van der Waals surface area (Å²) in [7, 11) is 0. The van der Waals surface area contributed by atoms with Gasteiger partial charge in [0.1, 0.15) is 0 Å². The molecule has 0 fully saturated rings. The lowest BCUT2D eigenvalue weighted by Crippen LogP contribution is -2.10. The van der Waals surface area contributed by atoms with E-state index in [-0.39, 0.29) is 0 Å². The first kappa shape index (κ1) is 18.0. The van der Waals surface area contributed by atoms with E-state index in [1.54, 1.807) is 0 Å². The van der Waals surface area contributed by atoms with Gasteiger partial charge in [-0.25, -0.2) is 0 Å². The van der Waals surface area contributed by atoms with Crippen molar-refractivity contribution >= 4 is 27.8 Å². The van der Waals surface area contributed by atoms with Gasteiger partial charge in [-0.05, 0) is 83.3 Å². The Balaban J connectivity index is 1.63. The van der Waals surface area contributed by atoms with Crippen molar-refractivity contribution in [2.75, 3.05) is 4.90 Å². The molecule has 1 aliphatic rings. The number of benzene rings is 5. The van der Waals surface area contributed by atoms with E-state index in [4.69, 9.17) is 0 Å². The van der Waals surface area contributed by atoms with Gasteiger partial charge in [0, 0.05) is 17.1 Å². The summed E-state index contributed by atoms with van der Waals surface area (Å²) >= 11 is 0. The van der Waals surface area contributed by atoms with E-state index < -0.39 is 0 Å². The lowest BCUT2D eigenvalue weighted by molar-refractivity contribution is 1.27. The van der Waals surface area contributed by atoms with Crippen LogP contribution >= 0.6 is 0 Å². The second-order valence-corrected chi connectivity index (χ2v) is 8.45. The molecule has 0 amide bonds. The van der Waals surface area contributed by atoms with E-state index in [0.29, 0.717) is 0 Å². The molecular formula is C30H23N. The maximum Gasteiger partial charge on any atom is 0.0474 e. The van der Waals surface area contributed by atoms with Crippen LogP contribution in [0.15, 0.2) is 103 Å². The zero-order chi connectivity index (χ0) is 20.9. The second-order valence-electron chi connectivity index (χ2n) is 8.45. The molecule has 0 aliphatic heterocycles. The molecule has 5 aromatic carbocycles. The molecule has 5 aromatic rings. The molecule has 1 nitrogen and oxygen atoms in total. The maximum absolute atomic E-state index is 2.36. The highest BCUT2D eigenvalue weighted by Gasteiger charge is 2.23. The molecule has 1 heteroatoms. The SMILES string of the molecule is Cc1ccc(N(c2ccc(C)cc2)c2cc3c4c(cccc4c2)-c2ccccc2-3)cc1. The fourth-order valence-corrected chi connectivity index (χ4v) is 4.77. The smallest absolute Gasteiger partial charge is 0.0474 e. The number of rotatable bonds is 3. The van der Waals surface area contributed by atoms with E-state index in [0.717, 1.165) is 0 Å². The molecule has 0 N–H and O–H groups in total. The zero-order valence-electron chi connectivity index (χ0n) is 17.8. The van der Waals surface area contributed by atoms with Gasteiger partial charge in [0.2, 0.25) is 0 Å². The number of hydrogen-bond donors (Lipinski definition) is 0. The lowest BCUT2D eigenvalue weighted by atomic mass is 10.0. The predicted molar refractivity (Wildman–Crippen MR) is 133 cm³/mol. The number of aryl methyl sites for hydroxylation is 2. The fourth-order valence-electron chi connectivity index (χ4n) is 4.77. The average molecular weight is 398 g/mol. The van der Waals surface area contributed by atoms with E-state index in [2.05, 4.69) is 122 Å². The Hall–Kier alpha value is -3.84. The third-order valence-electron chi connectivity index (χ3n) is 6.31. The molecule has 0 heterocycles. The van der Waals surface area contributed by atoms with Gasteiger partial charge in [0.15, 0.2) is 0 Å². The highest BCUT2D eigenvalue weighted by atomic mass is 15.1. The molecule has 0 bridgehead atoms. The Morgan fingerprint density at radius 2 is 1.00 bits per heavy atom. The number of fused-ring (bicyclic) bond motifs is 3. The number of anilines is 3. The van der Waals surface area contributed by atoms with E-state index >= 15 is 0 Å². The molecule has 0 saturated carbocycles. The summed E-state index contributed by atoms with van der Waals surface area (Å²) in [4.78, 5) is 2.36. The van der Waals surface area contributed by atoms with Gasteiger partial charge in [-0.3, -0.25) is 0 Å². The zero-order valence-corrected chi connectivity index (χ0v) is 17.8.